The number of aromatic nitrogens is 3. The maximum absolute atomic E-state index is 12.2. The van der Waals surface area contributed by atoms with Crippen molar-refractivity contribution in [3.8, 4) is 0 Å². The summed E-state index contributed by atoms with van der Waals surface area (Å²) in [5, 5.41) is 10.6. The number of nitrogens with two attached hydrogens (primary N) is 1. The van der Waals surface area contributed by atoms with Gasteiger partial charge in [-0.25, -0.2) is 4.68 Å². The number of anilines is 1. The van der Waals surface area contributed by atoms with Gasteiger partial charge in [-0.1, -0.05) is 28.9 Å². The second kappa shape index (κ2) is 5.92. The van der Waals surface area contributed by atoms with Crippen LogP contribution in [0.3, 0.4) is 0 Å². The van der Waals surface area contributed by atoms with Crippen molar-refractivity contribution >= 4 is 29.1 Å². The monoisotopic (exact) mass is 307 g/mol. The molecule has 0 saturated carbocycles. The third-order valence-corrected chi connectivity index (χ3v) is 3.37. The first-order chi connectivity index (χ1) is 9.91. The van der Waals surface area contributed by atoms with E-state index in [1.54, 1.807) is 38.1 Å². The van der Waals surface area contributed by atoms with E-state index in [-0.39, 0.29) is 11.6 Å². The number of amides is 2. The summed E-state index contributed by atoms with van der Waals surface area (Å²) in [4.78, 5) is 23.4. The van der Waals surface area contributed by atoms with Crippen LogP contribution < -0.4 is 11.1 Å². The molecule has 0 spiro atoms. The van der Waals surface area contributed by atoms with Crippen LogP contribution in [-0.4, -0.2) is 26.8 Å². The lowest BCUT2D eigenvalue weighted by Gasteiger charge is -2.14. The van der Waals surface area contributed by atoms with Crippen LogP contribution in [-0.2, 0) is 4.79 Å². The number of para-hydroxylation sites is 1. The summed E-state index contributed by atoms with van der Waals surface area (Å²) >= 11 is 5.99. The molecule has 0 fully saturated rings. The first-order valence-electron chi connectivity index (χ1n) is 6.18. The van der Waals surface area contributed by atoms with E-state index in [2.05, 4.69) is 15.6 Å². The van der Waals surface area contributed by atoms with E-state index in [0.29, 0.717) is 16.4 Å². The lowest BCUT2D eigenvalue weighted by Crippen LogP contribution is -2.25. The van der Waals surface area contributed by atoms with Gasteiger partial charge in [0.05, 0.1) is 16.4 Å². The summed E-state index contributed by atoms with van der Waals surface area (Å²) in [5.74, 6) is -1.01. The number of hydrogen-bond donors (Lipinski definition) is 2. The van der Waals surface area contributed by atoms with Crippen molar-refractivity contribution in [2.45, 2.75) is 19.9 Å². The van der Waals surface area contributed by atoms with Crippen LogP contribution in [0.2, 0.25) is 5.02 Å². The summed E-state index contributed by atoms with van der Waals surface area (Å²) < 4.78 is 1.34. The molecule has 1 aromatic heterocycles. The molecule has 0 aliphatic rings. The number of primary amides is 1. The Hall–Kier alpha value is -2.41. The van der Waals surface area contributed by atoms with Crippen molar-refractivity contribution in [3.05, 3.63) is 40.7 Å². The van der Waals surface area contributed by atoms with Crippen LogP contribution >= 0.6 is 11.6 Å². The van der Waals surface area contributed by atoms with Crippen molar-refractivity contribution in [1.29, 1.82) is 0 Å². The van der Waals surface area contributed by atoms with Gasteiger partial charge in [0.1, 0.15) is 6.04 Å². The van der Waals surface area contributed by atoms with E-state index < -0.39 is 11.9 Å². The van der Waals surface area contributed by atoms with Crippen LogP contribution in [0, 0.1) is 6.92 Å². The molecule has 2 amide bonds. The molecule has 21 heavy (non-hydrogen) atoms. The molecular weight excluding hydrogens is 294 g/mol. The number of hydrogen-bond acceptors (Lipinski definition) is 4. The predicted molar refractivity (Wildman–Crippen MR) is 78.1 cm³/mol. The Morgan fingerprint density at radius 2 is 2.05 bits per heavy atom. The van der Waals surface area contributed by atoms with Crippen molar-refractivity contribution in [3.63, 3.8) is 0 Å². The minimum Gasteiger partial charge on any atom is -0.364 e. The molecule has 2 rings (SSSR count). The lowest BCUT2D eigenvalue weighted by molar-refractivity contribution is -0.119. The van der Waals surface area contributed by atoms with Crippen LogP contribution in [0.25, 0.3) is 0 Å². The number of nitrogens with zero attached hydrogens (tertiary/aromatic N) is 3. The van der Waals surface area contributed by atoms with Gasteiger partial charge in [-0.3, -0.25) is 9.59 Å². The molecule has 0 radical (unpaired) electrons. The van der Waals surface area contributed by atoms with Gasteiger partial charge in [0.15, 0.2) is 5.69 Å². The SMILES string of the molecule is Cc1c(C(N)=O)nnn1C(C)C(=O)Nc1ccccc1Cl. The highest BCUT2D eigenvalue weighted by atomic mass is 35.5. The average Bonchev–Trinajstić information content (AvgIpc) is 2.82. The average molecular weight is 308 g/mol. The molecule has 0 bridgehead atoms. The Kier molecular flexibility index (Phi) is 4.23. The maximum Gasteiger partial charge on any atom is 0.271 e. The van der Waals surface area contributed by atoms with E-state index in [0.717, 1.165) is 0 Å². The molecule has 2 aromatic rings. The highest BCUT2D eigenvalue weighted by molar-refractivity contribution is 6.33. The summed E-state index contributed by atoms with van der Waals surface area (Å²) in [6.45, 7) is 3.26. The summed E-state index contributed by atoms with van der Waals surface area (Å²) in [7, 11) is 0. The molecule has 1 heterocycles. The van der Waals surface area contributed by atoms with E-state index in [9.17, 15) is 9.59 Å². The van der Waals surface area contributed by atoms with Gasteiger partial charge in [0, 0.05) is 0 Å². The summed E-state index contributed by atoms with van der Waals surface area (Å²) in [6, 6.07) is 6.23. The van der Waals surface area contributed by atoms with Gasteiger partial charge in [-0.15, -0.1) is 5.10 Å². The number of carbonyl (C=O) groups is 2. The summed E-state index contributed by atoms with van der Waals surface area (Å²) in [6.07, 6.45) is 0. The standard InChI is InChI=1S/C13H14ClN5O2/c1-7-11(12(15)20)17-18-19(7)8(2)13(21)16-10-6-4-3-5-9(10)14/h3-6,8H,1-2H3,(H2,15,20)(H,16,21). The van der Waals surface area contributed by atoms with E-state index in [4.69, 9.17) is 17.3 Å². The molecule has 0 saturated heterocycles. The van der Waals surface area contributed by atoms with E-state index >= 15 is 0 Å². The van der Waals surface area contributed by atoms with Crippen LogP contribution in [0.15, 0.2) is 24.3 Å². The van der Waals surface area contributed by atoms with E-state index in [1.165, 1.54) is 4.68 Å². The first-order valence-corrected chi connectivity index (χ1v) is 6.56. The zero-order valence-corrected chi connectivity index (χ0v) is 12.3. The lowest BCUT2D eigenvalue weighted by atomic mass is 10.2. The van der Waals surface area contributed by atoms with Crippen molar-refractivity contribution in [1.82, 2.24) is 15.0 Å². The number of rotatable bonds is 4. The quantitative estimate of drug-likeness (QED) is 0.894. The molecule has 8 heteroatoms. The number of halogens is 1. The minimum atomic E-state index is -0.683. The molecule has 3 N–H and O–H groups in total. The highest BCUT2D eigenvalue weighted by Gasteiger charge is 2.22. The molecule has 1 aromatic carbocycles. The van der Waals surface area contributed by atoms with Gasteiger partial charge in [0.2, 0.25) is 5.91 Å². The van der Waals surface area contributed by atoms with Gasteiger partial charge in [-0.05, 0) is 26.0 Å². The smallest absolute Gasteiger partial charge is 0.271 e. The maximum atomic E-state index is 12.2. The minimum absolute atomic E-state index is 0.0485. The molecule has 1 unspecified atom stereocenters. The topological polar surface area (TPSA) is 103 Å². The second-order valence-electron chi connectivity index (χ2n) is 4.48. The second-order valence-corrected chi connectivity index (χ2v) is 4.88. The fraction of sp³-hybridized carbons (Fsp3) is 0.231. The van der Waals surface area contributed by atoms with Gasteiger partial charge in [-0.2, -0.15) is 0 Å². The Bertz CT molecular complexity index is 698. The Morgan fingerprint density at radius 1 is 1.38 bits per heavy atom. The number of nitrogens with one attached hydrogen (secondary N) is 1. The van der Waals surface area contributed by atoms with Gasteiger partial charge >= 0.3 is 0 Å². The van der Waals surface area contributed by atoms with Crippen LogP contribution in [0.1, 0.15) is 29.1 Å². The Morgan fingerprint density at radius 3 is 2.62 bits per heavy atom. The zero-order chi connectivity index (χ0) is 15.6. The third-order valence-electron chi connectivity index (χ3n) is 3.04. The third kappa shape index (κ3) is 3.03. The van der Waals surface area contributed by atoms with E-state index in [1.807, 2.05) is 0 Å². The fourth-order valence-electron chi connectivity index (χ4n) is 1.85. The van der Waals surface area contributed by atoms with Crippen molar-refractivity contribution in [2.24, 2.45) is 5.73 Å². The van der Waals surface area contributed by atoms with Crippen LogP contribution in [0.4, 0.5) is 5.69 Å². The zero-order valence-electron chi connectivity index (χ0n) is 11.5. The highest BCUT2D eigenvalue weighted by Crippen LogP contribution is 2.22. The van der Waals surface area contributed by atoms with Gasteiger partial charge in [0.25, 0.3) is 5.91 Å². The molecule has 7 nitrogen and oxygen atoms in total. The molecular formula is C13H14ClN5O2. The van der Waals surface area contributed by atoms with Crippen molar-refractivity contribution < 1.29 is 9.59 Å². The number of carbonyl (C=O) groups excluding carboxylic acids is 2. The van der Waals surface area contributed by atoms with Gasteiger partial charge < -0.3 is 11.1 Å². The van der Waals surface area contributed by atoms with Crippen molar-refractivity contribution in [2.75, 3.05) is 5.32 Å². The van der Waals surface area contributed by atoms with Crippen LogP contribution in [0.5, 0.6) is 0 Å². The Balaban J connectivity index is 2.20. The Labute approximate surface area is 126 Å². The largest absolute Gasteiger partial charge is 0.364 e. The molecule has 1 atom stereocenters. The first kappa shape index (κ1) is 15.0. The number of benzene rings is 1. The molecule has 110 valence electrons. The predicted octanol–water partition coefficient (Wildman–Crippen LogP) is 1.54. The molecule has 0 aliphatic carbocycles. The normalized spacial score (nSPS) is 12.0. The molecule has 0 aliphatic heterocycles. The summed E-state index contributed by atoms with van der Waals surface area (Å²) in [5.41, 5.74) is 6.16. The fourth-order valence-corrected chi connectivity index (χ4v) is 2.03.